The van der Waals surface area contributed by atoms with E-state index in [2.05, 4.69) is 38.3 Å². The quantitative estimate of drug-likeness (QED) is 0.732. The van der Waals surface area contributed by atoms with Crippen molar-refractivity contribution < 1.29 is 0 Å². The van der Waals surface area contributed by atoms with E-state index in [0.717, 1.165) is 6.54 Å². The van der Waals surface area contributed by atoms with E-state index >= 15 is 0 Å². The van der Waals surface area contributed by atoms with Gasteiger partial charge in [0.1, 0.15) is 0 Å². The van der Waals surface area contributed by atoms with Crippen molar-refractivity contribution in [3.8, 4) is 0 Å². The molecule has 2 unspecified atom stereocenters. The van der Waals surface area contributed by atoms with Gasteiger partial charge < -0.3 is 10.6 Å². The van der Waals surface area contributed by atoms with Crippen LogP contribution in [-0.2, 0) is 0 Å². The van der Waals surface area contributed by atoms with E-state index in [1.807, 2.05) is 0 Å². The van der Waals surface area contributed by atoms with Gasteiger partial charge in [-0.1, -0.05) is 27.2 Å². The van der Waals surface area contributed by atoms with Crippen LogP contribution in [0.5, 0.6) is 0 Å². The van der Waals surface area contributed by atoms with E-state index < -0.39 is 0 Å². The number of hydrogen-bond donors (Lipinski definition) is 2. The minimum atomic E-state index is 0.456. The molecule has 2 N–H and O–H groups in total. The Morgan fingerprint density at radius 3 is 2.80 bits per heavy atom. The highest BCUT2D eigenvalue weighted by molar-refractivity contribution is 4.89. The van der Waals surface area contributed by atoms with Gasteiger partial charge in [0.15, 0.2) is 0 Å². The summed E-state index contributed by atoms with van der Waals surface area (Å²) in [5.41, 5.74) is 0.456. The lowest BCUT2D eigenvalue weighted by Crippen LogP contribution is -2.53. The van der Waals surface area contributed by atoms with Crippen molar-refractivity contribution in [2.45, 2.75) is 65.5 Å². The Balaban J connectivity index is 2.30. The van der Waals surface area contributed by atoms with Gasteiger partial charge in [0.05, 0.1) is 0 Å². The molecule has 0 amide bonds. The number of nitrogens with one attached hydrogen (secondary N) is 2. The van der Waals surface area contributed by atoms with Crippen LogP contribution in [0.1, 0.15) is 53.4 Å². The molecular formula is C13H28N2. The van der Waals surface area contributed by atoms with Gasteiger partial charge in [-0.25, -0.2) is 0 Å². The summed E-state index contributed by atoms with van der Waals surface area (Å²) in [5, 5.41) is 7.29. The van der Waals surface area contributed by atoms with Crippen LogP contribution in [0.3, 0.4) is 0 Å². The lowest BCUT2D eigenvalue weighted by Gasteiger charge is -2.40. The molecule has 0 spiro atoms. The number of hydrogen-bond acceptors (Lipinski definition) is 2. The smallest absolute Gasteiger partial charge is 0.0243 e. The molecule has 0 bridgehead atoms. The summed E-state index contributed by atoms with van der Waals surface area (Å²) >= 11 is 0. The van der Waals surface area contributed by atoms with Crippen molar-refractivity contribution in [1.29, 1.82) is 0 Å². The minimum absolute atomic E-state index is 0.456. The lowest BCUT2D eigenvalue weighted by molar-refractivity contribution is 0.173. The molecule has 0 radical (unpaired) electrons. The Bertz CT molecular complexity index is 177. The summed E-state index contributed by atoms with van der Waals surface area (Å²) in [4.78, 5) is 0. The molecule has 0 aromatic carbocycles. The molecule has 2 heteroatoms. The average Bonchev–Trinajstić information content (AvgIpc) is 2.16. The van der Waals surface area contributed by atoms with Gasteiger partial charge in [0, 0.05) is 18.6 Å². The van der Waals surface area contributed by atoms with Crippen LogP contribution in [0.2, 0.25) is 0 Å². The first-order chi connectivity index (χ1) is 7.06. The SMILES string of the molecule is CCCC(C)NCC1NCCCC1(C)C. The molecule has 1 aliphatic rings. The highest BCUT2D eigenvalue weighted by atomic mass is 15.0. The molecule has 0 aromatic heterocycles. The molecule has 15 heavy (non-hydrogen) atoms. The van der Waals surface area contributed by atoms with Crippen molar-refractivity contribution in [1.82, 2.24) is 10.6 Å². The maximum atomic E-state index is 3.65. The van der Waals surface area contributed by atoms with E-state index in [1.54, 1.807) is 0 Å². The van der Waals surface area contributed by atoms with Gasteiger partial charge in [0.2, 0.25) is 0 Å². The molecule has 1 saturated heterocycles. The molecule has 0 aromatic rings. The van der Waals surface area contributed by atoms with Crippen LogP contribution in [0.15, 0.2) is 0 Å². The van der Waals surface area contributed by atoms with Gasteiger partial charge in [0.25, 0.3) is 0 Å². The zero-order valence-corrected chi connectivity index (χ0v) is 10.9. The Kier molecular flexibility index (Phi) is 5.07. The number of rotatable bonds is 5. The normalized spacial score (nSPS) is 27.6. The summed E-state index contributed by atoms with van der Waals surface area (Å²) < 4.78 is 0. The minimum Gasteiger partial charge on any atom is -0.313 e. The van der Waals surface area contributed by atoms with E-state index in [4.69, 9.17) is 0 Å². The first-order valence-corrected chi connectivity index (χ1v) is 6.53. The third-order valence-corrected chi connectivity index (χ3v) is 3.72. The van der Waals surface area contributed by atoms with Crippen LogP contribution in [-0.4, -0.2) is 25.2 Å². The standard InChI is InChI=1S/C13H28N2/c1-5-7-11(2)15-10-12-13(3,4)8-6-9-14-12/h11-12,14-15H,5-10H2,1-4H3. The molecular weight excluding hydrogens is 184 g/mol. The van der Waals surface area contributed by atoms with Crippen molar-refractivity contribution in [2.24, 2.45) is 5.41 Å². The van der Waals surface area contributed by atoms with Crippen molar-refractivity contribution in [3.63, 3.8) is 0 Å². The van der Waals surface area contributed by atoms with Crippen LogP contribution in [0.25, 0.3) is 0 Å². The first kappa shape index (κ1) is 13.0. The molecule has 1 rings (SSSR count). The van der Waals surface area contributed by atoms with Crippen molar-refractivity contribution in [3.05, 3.63) is 0 Å². The Labute approximate surface area is 95.2 Å². The fourth-order valence-corrected chi connectivity index (χ4v) is 2.47. The van der Waals surface area contributed by atoms with E-state index in [0.29, 0.717) is 17.5 Å². The van der Waals surface area contributed by atoms with Crippen LogP contribution >= 0.6 is 0 Å². The third kappa shape index (κ3) is 4.12. The average molecular weight is 212 g/mol. The zero-order chi connectivity index (χ0) is 11.3. The highest BCUT2D eigenvalue weighted by Gasteiger charge is 2.31. The summed E-state index contributed by atoms with van der Waals surface area (Å²) in [5.74, 6) is 0. The molecule has 2 atom stereocenters. The third-order valence-electron chi connectivity index (χ3n) is 3.72. The second-order valence-corrected chi connectivity index (χ2v) is 5.70. The Morgan fingerprint density at radius 1 is 1.47 bits per heavy atom. The summed E-state index contributed by atoms with van der Waals surface area (Å²) in [6, 6.07) is 1.31. The predicted molar refractivity (Wildman–Crippen MR) is 67.2 cm³/mol. The van der Waals surface area contributed by atoms with Crippen LogP contribution < -0.4 is 10.6 Å². The molecule has 90 valence electrons. The summed E-state index contributed by atoms with van der Waals surface area (Å²) in [7, 11) is 0. The van der Waals surface area contributed by atoms with Crippen molar-refractivity contribution >= 4 is 0 Å². The maximum absolute atomic E-state index is 3.65. The van der Waals surface area contributed by atoms with Crippen LogP contribution in [0, 0.1) is 5.41 Å². The second kappa shape index (κ2) is 5.86. The Hall–Kier alpha value is -0.0800. The zero-order valence-electron chi connectivity index (χ0n) is 10.9. The fraction of sp³-hybridized carbons (Fsp3) is 1.00. The predicted octanol–water partition coefficient (Wildman–Crippen LogP) is 2.54. The van der Waals surface area contributed by atoms with E-state index in [9.17, 15) is 0 Å². The van der Waals surface area contributed by atoms with E-state index in [-0.39, 0.29) is 0 Å². The summed E-state index contributed by atoms with van der Waals surface area (Å²) in [6.07, 6.45) is 5.24. The topological polar surface area (TPSA) is 24.1 Å². The van der Waals surface area contributed by atoms with Gasteiger partial charge >= 0.3 is 0 Å². The largest absolute Gasteiger partial charge is 0.313 e. The van der Waals surface area contributed by atoms with Gasteiger partial charge in [-0.05, 0) is 38.1 Å². The first-order valence-electron chi connectivity index (χ1n) is 6.53. The van der Waals surface area contributed by atoms with E-state index in [1.165, 1.54) is 32.2 Å². The lowest BCUT2D eigenvalue weighted by atomic mass is 9.77. The van der Waals surface area contributed by atoms with Crippen LogP contribution in [0.4, 0.5) is 0 Å². The fourth-order valence-electron chi connectivity index (χ4n) is 2.47. The summed E-state index contributed by atoms with van der Waals surface area (Å²) in [6.45, 7) is 11.6. The van der Waals surface area contributed by atoms with Gasteiger partial charge in [-0.2, -0.15) is 0 Å². The maximum Gasteiger partial charge on any atom is 0.0243 e. The highest BCUT2D eigenvalue weighted by Crippen LogP contribution is 2.29. The van der Waals surface area contributed by atoms with Gasteiger partial charge in [-0.3, -0.25) is 0 Å². The molecule has 2 nitrogen and oxygen atoms in total. The molecule has 1 fully saturated rings. The van der Waals surface area contributed by atoms with Crippen molar-refractivity contribution in [2.75, 3.05) is 13.1 Å². The molecule has 1 heterocycles. The second-order valence-electron chi connectivity index (χ2n) is 5.70. The number of piperidine rings is 1. The molecule has 0 aliphatic carbocycles. The Morgan fingerprint density at radius 2 is 2.20 bits per heavy atom. The monoisotopic (exact) mass is 212 g/mol. The molecule has 1 aliphatic heterocycles. The molecule has 0 saturated carbocycles. The van der Waals surface area contributed by atoms with Gasteiger partial charge in [-0.15, -0.1) is 0 Å².